The molecule has 1 unspecified atom stereocenters. The number of aromatic hydroxyl groups is 1. The van der Waals surface area contributed by atoms with Gasteiger partial charge in [-0.3, -0.25) is 4.79 Å². The summed E-state index contributed by atoms with van der Waals surface area (Å²) in [6.45, 7) is 3.11. The Labute approximate surface area is 114 Å². The number of benzene rings is 1. The van der Waals surface area contributed by atoms with Crippen LogP contribution in [0.3, 0.4) is 0 Å². The van der Waals surface area contributed by atoms with Crippen molar-refractivity contribution in [1.82, 2.24) is 5.32 Å². The zero-order valence-corrected chi connectivity index (χ0v) is 11.4. The molecule has 3 N–H and O–H groups in total. The molecule has 1 aromatic carbocycles. The molecule has 1 aromatic rings. The van der Waals surface area contributed by atoms with E-state index in [9.17, 15) is 9.90 Å². The smallest absolute Gasteiger partial charge is 0.224 e. The van der Waals surface area contributed by atoms with Crippen LogP contribution in [0.1, 0.15) is 38.2 Å². The molecule has 0 aliphatic carbocycles. The maximum atomic E-state index is 11.9. The highest BCUT2D eigenvalue weighted by Gasteiger charge is 2.15. The van der Waals surface area contributed by atoms with Gasteiger partial charge in [0.25, 0.3) is 0 Å². The molecule has 104 valence electrons. The zero-order chi connectivity index (χ0) is 13.7. The Hall–Kier alpha value is -1.55. The minimum absolute atomic E-state index is 0.0303. The Morgan fingerprint density at radius 1 is 1.53 bits per heavy atom. The van der Waals surface area contributed by atoms with Crippen LogP contribution in [0.4, 0.5) is 5.69 Å². The number of carbonyl (C=O) groups excluding carboxylic acids is 1. The predicted molar refractivity (Wildman–Crippen MR) is 76.4 cm³/mol. The van der Waals surface area contributed by atoms with E-state index in [0.29, 0.717) is 18.2 Å². The van der Waals surface area contributed by atoms with Crippen LogP contribution in [0.5, 0.6) is 5.75 Å². The lowest BCUT2D eigenvalue weighted by atomic mass is 10.1. The van der Waals surface area contributed by atoms with E-state index in [2.05, 4.69) is 10.6 Å². The fourth-order valence-electron chi connectivity index (χ4n) is 2.42. The average Bonchev–Trinajstić information content (AvgIpc) is 2.92. The number of amides is 1. The van der Waals surface area contributed by atoms with Crippen LogP contribution in [-0.2, 0) is 11.2 Å². The molecule has 2 rings (SSSR count). The summed E-state index contributed by atoms with van der Waals surface area (Å²) in [4.78, 5) is 11.9. The maximum Gasteiger partial charge on any atom is 0.224 e. The van der Waals surface area contributed by atoms with Gasteiger partial charge < -0.3 is 15.7 Å². The van der Waals surface area contributed by atoms with Gasteiger partial charge in [-0.1, -0.05) is 13.0 Å². The second-order valence-corrected chi connectivity index (χ2v) is 5.09. The Morgan fingerprint density at radius 3 is 3.05 bits per heavy atom. The van der Waals surface area contributed by atoms with Crippen LogP contribution in [-0.4, -0.2) is 23.6 Å². The SMILES string of the molecule is CCc1ccc(O)c(NC(=O)CCC2CCCN2)c1. The average molecular weight is 262 g/mol. The van der Waals surface area contributed by atoms with E-state index in [0.717, 1.165) is 31.4 Å². The number of hydrogen-bond donors (Lipinski definition) is 3. The molecule has 1 aliphatic heterocycles. The third kappa shape index (κ3) is 3.96. The lowest BCUT2D eigenvalue weighted by Gasteiger charge is -2.11. The predicted octanol–water partition coefficient (Wildman–Crippen LogP) is 2.43. The van der Waals surface area contributed by atoms with Crippen LogP contribution in [0.2, 0.25) is 0 Å². The molecular formula is C15H22N2O2. The first-order chi connectivity index (χ1) is 9.19. The van der Waals surface area contributed by atoms with Gasteiger partial charge in [0.15, 0.2) is 0 Å². The fraction of sp³-hybridized carbons (Fsp3) is 0.533. The Kier molecular flexibility index (Phi) is 4.80. The highest BCUT2D eigenvalue weighted by Crippen LogP contribution is 2.24. The van der Waals surface area contributed by atoms with Crippen molar-refractivity contribution in [3.05, 3.63) is 23.8 Å². The second-order valence-electron chi connectivity index (χ2n) is 5.09. The van der Waals surface area contributed by atoms with E-state index in [1.807, 2.05) is 19.1 Å². The van der Waals surface area contributed by atoms with Crippen molar-refractivity contribution in [2.45, 2.75) is 45.1 Å². The van der Waals surface area contributed by atoms with Gasteiger partial charge in [0.1, 0.15) is 5.75 Å². The quantitative estimate of drug-likeness (QED) is 0.714. The van der Waals surface area contributed by atoms with Gasteiger partial charge in [-0.15, -0.1) is 0 Å². The van der Waals surface area contributed by atoms with Crippen molar-refractivity contribution in [2.75, 3.05) is 11.9 Å². The molecule has 1 amide bonds. The van der Waals surface area contributed by atoms with Crippen LogP contribution in [0.15, 0.2) is 18.2 Å². The zero-order valence-electron chi connectivity index (χ0n) is 11.4. The van der Waals surface area contributed by atoms with Crippen molar-refractivity contribution >= 4 is 11.6 Å². The first kappa shape index (κ1) is 13.9. The highest BCUT2D eigenvalue weighted by atomic mass is 16.3. The van der Waals surface area contributed by atoms with Crippen molar-refractivity contribution in [1.29, 1.82) is 0 Å². The standard InChI is InChI=1S/C15H22N2O2/c1-2-11-5-7-14(18)13(10-11)17-15(19)8-6-12-4-3-9-16-12/h5,7,10,12,16,18H,2-4,6,8-9H2,1H3,(H,17,19). The number of aryl methyl sites for hydroxylation is 1. The number of phenolic OH excluding ortho intramolecular Hbond substituents is 1. The van der Waals surface area contributed by atoms with Crippen molar-refractivity contribution in [3.63, 3.8) is 0 Å². The van der Waals surface area contributed by atoms with E-state index in [4.69, 9.17) is 0 Å². The molecule has 1 atom stereocenters. The number of carbonyl (C=O) groups is 1. The van der Waals surface area contributed by atoms with Crippen molar-refractivity contribution in [3.8, 4) is 5.75 Å². The summed E-state index contributed by atoms with van der Waals surface area (Å²) in [7, 11) is 0. The minimum atomic E-state index is -0.0303. The van der Waals surface area contributed by atoms with Gasteiger partial charge in [-0.2, -0.15) is 0 Å². The van der Waals surface area contributed by atoms with E-state index >= 15 is 0 Å². The number of nitrogens with one attached hydrogen (secondary N) is 2. The molecule has 4 nitrogen and oxygen atoms in total. The molecule has 4 heteroatoms. The number of hydrogen-bond acceptors (Lipinski definition) is 3. The summed E-state index contributed by atoms with van der Waals surface area (Å²) in [5.41, 5.74) is 1.62. The largest absolute Gasteiger partial charge is 0.506 e. The number of rotatable bonds is 5. The summed E-state index contributed by atoms with van der Waals surface area (Å²) in [5.74, 6) is 0.0989. The molecule has 0 spiro atoms. The third-order valence-electron chi connectivity index (χ3n) is 3.63. The molecule has 1 fully saturated rings. The van der Waals surface area contributed by atoms with E-state index in [1.54, 1.807) is 6.07 Å². The molecule has 0 saturated carbocycles. The maximum absolute atomic E-state index is 11.9. The minimum Gasteiger partial charge on any atom is -0.506 e. The molecule has 1 aliphatic rings. The van der Waals surface area contributed by atoms with Gasteiger partial charge in [0.05, 0.1) is 5.69 Å². The summed E-state index contributed by atoms with van der Waals surface area (Å²) in [6, 6.07) is 5.81. The van der Waals surface area contributed by atoms with Gasteiger partial charge >= 0.3 is 0 Å². The molecular weight excluding hydrogens is 240 g/mol. The molecule has 1 saturated heterocycles. The van der Waals surface area contributed by atoms with Gasteiger partial charge in [-0.25, -0.2) is 0 Å². The third-order valence-corrected chi connectivity index (χ3v) is 3.63. The fourth-order valence-corrected chi connectivity index (χ4v) is 2.42. The lowest BCUT2D eigenvalue weighted by molar-refractivity contribution is -0.116. The number of phenols is 1. The van der Waals surface area contributed by atoms with Crippen molar-refractivity contribution in [2.24, 2.45) is 0 Å². The van der Waals surface area contributed by atoms with Crippen LogP contribution >= 0.6 is 0 Å². The first-order valence-electron chi connectivity index (χ1n) is 7.04. The summed E-state index contributed by atoms with van der Waals surface area (Å²) < 4.78 is 0. The molecule has 0 aromatic heterocycles. The van der Waals surface area contributed by atoms with Gasteiger partial charge in [0, 0.05) is 12.5 Å². The van der Waals surface area contributed by atoms with E-state index in [1.165, 1.54) is 6.42 Å². The Morgan fingerprint density at radius 2 is 2.37 bits per heavy atom. The first-order valence-corrected chi connectivity index (χ1v) is 7.04. The monoisotopic (exact) mass is 262 g/mol. The van der Waals surface area contributed by atoms with E-state index in [-0.39, 0.29) is 11.7 Å². The number of anilines is 1. The summed E-state index contributed by atoms with van der Waals surface area (Å²) >= 11 is 0. The van der Waals surface area contributed by atoms with E-state index < -0.39 is 0 Å². The summed E-state index contributed by atoms with van der Waals surface area (Å²) in [5, 5.41) is 15.9. The van der Waals surface area contributed by atoms with Crippen molar-refractivity contribution < 1.29 is 9.90 Å². The second kappa shape index (κ2) is 6.57. The molecule has 19 heavy (non-hydrogen) atoms. The van der Waals surface area contributed by atoms with Crippen LogP contribution in [0.25, 0.3) is 0 Å². The lowest BCUT2D eigenvalue weighted by Crippen LogP contribution is -2.23. The normalized spacial score (nSPS) is 18.5. The van der Waals surface area contributed by atoms with Crippen LogP contribution < -0.4 is 10.6 Å². The van der Waals surface area contributed by atoms with Gasteiger partial charge in [0.2, 0.25) is 5.91 Å². The Balaban J connectivity index is 1.87. The molecule has 0 bridgehead atoms. The molecule has 1 heterocycles. The topological polar surface area (TPSA) is 61.4 Å². The van der Waals surface area contributed by atoms with Gasteiger partial charge in [-0.05, 0) is 49.9 Å². The van der Waals surface area contributed by atoms with Crippen LogP contribution in [0, 0.1) is 0 Å². The Bertz CT molecular complexity index is 440. The molecule has 0 radical (unpaired) electrons. The summed E-state index contributed by atoms with van der Waals surface area (Å²) in [6.07, 6.45) is 4.60. The highest BCUT2D eigenvalue weighted by molar-refractivity contribution is 5.92.